The summed E-state index contributed by atoms with van der Waals surface area (Å²) in [5, 5.41) is 15.6. The zero-order valence-electron chi connectivity index (χ0n) is 24.1. The number of anilines is 1. The van der Waals surface area contributed by atoms with Gasteiger partial charge in [-0.2, -0.15) is 0 Å². The smallest absolute Gasteiger partial charge is 0.335 e. The molecule has 10 heteroatoms. The maximum Gasteiger partial charge on any atom is 0.335 e. The van der Waals surface area contributed by atoms with Gasteiger partial charge in [0.25, 0.3) is 0 Å². The van der Waals surface area contributed by atoms with Crippen LogP contribution in [0.5, 0.6) is 5.75 Å². The van der Waals surface area contributed by atoms with Gasteiger partial charge >= 0.3 is 5.97 Å². The normalized spacial score (nSPS) is 29.9. The molecule has 0 unspecified atom stereocenters. The maximum atomic E-state index is 12.2. The fourth-order valence-electron chi connectivity index (χ4n) is 8.28. The van der Waals surface area contributed by atoms with E-state index in [4.69, 9.17) is 26.2 Å². The Morgan fingerprint density at radius 3 is 2.74 bits per heavy atom. The van der Waals surface area contributed by atoms with E-state index in [0.29, 0.717) is 37.0 Å². The average molecular weight is 617 g/mol. The Kier molecular flexibility index (Phi) is 8.24. The zero-order chi connectivity index (χ0) is 29.6. The fraction of sp³-hybridized carbons (Fsp3) is 0.594. The lowest BCUT2D eigenvalue weighted by Crippen LogP contribution is -2.51. The number of hydrogen-bond acceptors (Lipinski definition) is 6. The molecule has 0 radical (unpaired) electrons. The standard InChI is InChI=1S/C32H41ClN2O6S/c1-40-30(21-4-2-6-25(15-21)42(34,38)39)26-10-7-23(26)17-35-18-32(13-3-5-20-14-24(33)9-11-27(20)32)19-41-29-12-8-22(31(36)37)16-28(29)35/h8-9,11-12,14,16,21,23,25-26,30H,2-7,10,13,15,17-19H2,1H3,(H,36,37)(H2,34,38,39)/t21-,23+,25+,26-,30+,32+/m1/s1. The van der Waals surface area contributed by atoms with E-state index in [2.05, 4.69) is 17.0 Å². The molecule has 42 heavy (non-hydrogen) atoms. The summed E-state index contributed by atoms with van der Waals surface area (Å²) in [7, 11) is -1.83. The van der Waals surface area contributed by atoms with Gasteiger partial charge in [-0.15, -0.1) is 0 Å². The van der Waals surface area contributed by atoms with Crippen LogP contribution in [0, 0.1) is 17.8 Å². The molecule has 1 spiro atoms. The van der Waals surface area contributed by atoms with E-state index in [1.54, 1.807) is 25.3 Å². The molecule has 1 aliphatic heterocycles. The summed E-state index contributed by atoms with van der Waals surface area (Å²) in [5.41, 5.74) is 3.35. The number of rotatable bonds is 7. The molecule has 2 saturated carbocycles. The van der Waals surface area contributed by atoms with E-state index >= 15 is 0 Å². The highest BCUT2D eigenvalue weighted by molar-refractivity contribution is 7.89. The molecule has 6 rings (SSSR count). The fourth-order valence-corrected chi connectivity index (χ4v) is 9.48. The van der Waals surface area contributed by atoms with Crippen molar-refractivity contribution in [3.63, 3.8) is 0 Å². The molecule has 0 saturated heterocycles. The zero-order valence-corrected chi connectivity index (χ0v) is 25.7. The van der Waals surface area contributed by atoms with Crippen LogP contribution in [0.3, 0.4) is 0 Å². The lowest BCUT2D eigenvalue weighted by Gasteiger charge is -2.48. The van der Waals surface area contributed by atoms with Gasteiger partial charge < -0.3 is 19.5 Å². The van der Waals surface area contributed by atoms with Crippen LogP contribution in [0.25, 0.3) is 0 Å². The summed E-state index contributed by atoms with van der Waals surface area (Å²) >= 11 is 6.39. The van der Waals surface area contributed by atoms with E-state index in [-0.39, 0.29) is 23.0 Å². The predicted molar refractivity (Wildman–Crippen MR) is 163 cm³/mol. The van der Waals surface area contributed by atoms with Gasteiger partial charge in [-0.25, -0.2) is 18.4 Å². The van der Waals surface area contributed by atoms with E-state index in [9.17, 15) is 18.3 Å². The summed E-state index contributed by atoms with van der Waals surface area (Å²) in [6.45, 7) is 1.98. The van der Waals surface area contributed by atoms with E-state index < -0.39 is 21.2 Å². The maximum absolute atomic E-state index is 12.2. The highest BCUT2D eigenvalue weighted by Crippen LogP contribution is 2.48. The van der Waals surface area contributed by atoms with Crippen LogP contribution in [0.15, 0.2) is 36.4 Å². The van der Waals surface area contributed by atoms with Gasteiger partial charge in [-0.05, 0) is 111 Å². The molecule has 8 nitrogen and oxygen atoms in total. The van der Waals surface area contributed by atoms with Crippen LogP contribution in [0.4, 0.5) is 5.69 Å². The van der Waals surface area contributed by atoms with Crippen LogP contribution in [-0.2, 0) is 26.6 Å². The first-order valence-corrected chi connectivity index (χ1v) is 17.1. The molecular weight excluding hydrogens is 576 g/mol. The van der Waals surface area contributed by atoms with Crippen molar-refractivity contribution in [2.24, 2.45) is 22.9 Å². The van der Waals surface area contributed by atoms with Crippen molar-refractivity contribution in [3.8, 4) is 5.75 Å². The Bertz CT molecular complexity index is 1450. The van der Waals surface area contributed by atoms with Gasteiger partial charge in [-0.1, -0.05) is 24.1 Å². The molecule has 3 aliphatic carbocycles. The van der Waals surface area contributed by atoms with Gasteiger partial charge in [0.15, 0.2) is 0 Å². The van der Waals surface area contributed by atoms with Crippen molar-refractivity contribution in [1.29, 1.82) is 0 Å². The molecular formula is C32H41ClN2O6S. The SMILES string of the molecule is CO[C@@H]([C@@H]1CCC[C@H](S(N)(=O)=O)C1)[C@@H]1CC[C@H]1CN1C[C@@]2(CCCc3cc(Cl)ccc32)COc2ccc(C(=O)O)cc21. The molecule has 0 aromatic heterocycles. The van der Waals surface area contributed by atoms with Crippen molar-refractivity contribution >= 4 is 33.3 Å². The number of primary sulfonamides is 1. The average Bonchev–Trinajstić information content (AvgIpc) is 3.10. The van der Waals surface area contributed by atoms with Gasteiger partial charge in [-0.3, -0.25) is 0 Å². The monoisotopic (exact) mass is 616 g/mol. The molecule has 1 heterocycles. The number of sulfonamides is 1. The molecule has 6 atom stereocenters. The van der Waals surface area contributed by atoms with Crippen LogP contribution in [-0.4, -0.2) is 57.7 Å². The molecule has 4 aliphatic rings. The van der Waals surface area contributed by atoms with Crippen molar-refractivity contribution in [2.75, 3.05) is 31.7 Å². The summed E-state index contributed by atoms with van der Waals surface area (Å²) in [5.74, 6) is 0.523. The minimum absolute atomic E-state index is 0.0344. The molecule has 0 bridgehead atoms. The summed E-state index contributed by atoms with van der Waals surface area (Å²) in [4.78, 5) is 14.3. The highest BCUT2D eigenvalue weighted by atomic mass is 35.5. The van der Waals surface area contributed by atoms with Crippen molar-refractivity contribution in [2.45, 2.75) is 74.6 Å². The Hall–Kier alpha value is -2.33. The number of ether oxygens (including phenoxy) is 2. The van der Waals surface area contributed by atoms with Gasteiger partial charge in [0.05, 0.1) is 29.2 Å². The first-order chi connectivity index (χ1) is 20.1. The Morgan fingerprint density at radius 2 is 2.02 bits per heavy atom. The molecule has 2 aromatic rings. The summed E-state index contributed by atoms with van der Waals surface area (Å²) in [6.07, 6.45) is 7.97. The molecule has 2 fully saturated rings. The second-order valence-electron chi connectivity index (χ2n) is 12.9. The summed E-state index contributed by atoms with van der Waals surface area (Å²) in [6, 6.07) is 11.3. The third-order valence-electron chi connectivity index (χ3n) is 10.5. The number of benzene rings is 2. The van der Waals surface area contributed by atoms with Crippen molar-refractivity contribution in [3.05, 3.63) is 58.1 Å². The van der Waals surface area contributed by atoms with Crippen LogP contribution in [0.1, 0.15) is 72.9 Å². The van der Waals surface area contributed by atoms with Gasteiger partial charge in [0, 0.05) is 30.6 Å². The number of carbonyl (C=O) groups is 1. The second kappa shape index (κ2) is 11.6. The second-order valence-corrected chi connectivity index (χ2v) is 15.2. The lowest BCUT2D eigenvalue weighted by atomic mass is 9.65. The number of methoxy groups -OCH3 is 1. The number of nitrogens with zero attached hydrogens (tertiary/aromatic N) is 1. The van der Waals surface area contributed by atoms with E-state index in [1.165, 1.54) is 11.1 Å². The topological polar surface area (TPSA) is 119 Å². The molecule has 2 aromatic carbocycles. The van der Waals surface area contributed by atoms with Crippen molar-refractivity contribution in [1.82, 2.24) is 0 Å². The molecule has 0 amide bonds. The first-order valence-electron chi connectivity index (χ1n) is 15.2. The Morgan fingerprint density at radius 1 is 1.19 bits per heavy atom. The van der Waals surface area contributed by atoms with Crippen LogP contribution in [0.2, 0.25) is 5.02 Å². The number of halogens is 1. The molecule has 228 valence electrons. The summed E-state index contributed by atoms with van der Waals surface area (Å²) < 4.78 is 37.0. The third kappa shape index (κ3) is 5.65. The number of hydrogen-bond donors (Lipinski definition) is 2. The Balaban J connectivity index is 1.31. The number of carboxylic acids is 1. The third-order valence-corrected chi connectivity index (χ3v) is 12.1. The largest absolute Gasteiger partial charge is 0.490 e. The van der Waals surface area contributed by atoms with E-state index in [0.717, 1.165) is 68.7 Å². The number of aromatic carboxylic acids is 1. The number of nitrogens with two attached hydrogens (primary N) is 1. The van der Waals surface area contributed by atoms with E-state index in [1.807, 2.05) is 6.07 Å². The quantitative estimate of drug-likeness (QED) is 0.427. The Labute approximate surface area is 253 Å². The minimum Gasteiger partial charge on any atom is -0.490 e. The minimum atomic E-state index is -3.58. The highest BCUT2D eigenvalue weighted by Gasteiger charge is 2.46. The first kappa shape index (κ1) is 29.7. The number of aryl methyl sites for hydroxylation is 1. The van der Waals surface area contributed by atoms with Gasteiger partial charge in [0.2, 0.25) is 10.0 Å². The van der Waals surface area contributed by atoms with Crippen molar-refractivity contribution < 1.29 is 27.8 Å². The van der Waals surface area contributed by atoms with Gasteiger partial charge in [0.1, 0.15) is 5.75 Å². The lowest BCUT2D eigenvalue weighted by molar-refractivity contribution is -0.0588. The predicted octanol–water partition coefficient (Wildman–Crippen LogP) is 5.40. The number of carboxylic acid groups (broad SMARTS) is 1. The van der Waals surface area contributed by atoms with Crippen LogP contribution < -0.4 is 14.8 Å². The van der Waals surface area contributed by atoms with Crippen LogP contribution >= 0.6 is 11.6 Å². The molecule has 3 N–H and O–H groups in total. The number of fused-ring (bicyclic) bond motifs is 3.